The average molecular weight is 214 g/mol. The van der Waals surface area contributed by atoms with Gasteiger partial charge in [-0.15, -0.1) is 0 Å². The Labute approximate surface area is 97.9 Å². The van der Waals surface area contributed by atoms with E-state index in [0.29, 0.717) is 0 Å². The molecule has 0 fully saturated rings. The molecule has 0 heterocycles. The molecule has 1 rings (SSSR count). The molecule has 0 spiro atoms. The molecular formula is C14H18N2. The SMILES string of the molecule is CC(C)=CCCC1=CCC(C#N)C(C#N)C1. The van der Waals surface area contributed by atoms with Crippen molar-refractivity contribution in [3.05, 3.63) is 23.3 Å². The molecule has 0 amide bonds. The Morgan fingerprint density at radius 1 is 1.38 bits per heavy atom. The number of nitriles is 2. The molecule has 2 atom stereocenters. The first-order valence-corrected chi connectivity index (χ1v) is 5.78. The van der Waals surface area contributed by atoms with Crippen LogP contribution in [0.15, 0.2) is 23.3 Å². The van der Waals surface area contributed by atoms with E-state index >= 15 is 0 Å². The smallest absolute Gasteiger partial charge is 0.0673 e. The summed E-state index contributed by atoms with van der Waals surface area (Å²) in [5.41, 5.74) is 2.68. The second-order valence-corrected chi connectivity index (χ2v) is 4.59. The van der Waals surface area contributed by atoms with Crippen LogP contribution in [0, 0.1) is 34.5 Å². The van der Waals surface area contributed by atoms with Crippen LogP contribution in [0.2, 0.25) is 0 Å². The molecule has 16 heavy (non-hydrogen) atoms. The molecule has 0 bridgehead atoms. The topological polar surface area (TPSA) is 47.6 Å². The lowest BCUT2D eigenvalue weighted by atomic mass is 9.80. The van der Waals surface area contributed by atoms with Crippen molar-refractivity contribution in [3.63, 3.8) is 0 Å². The fraction of sp³-hybridized carbons (Fsp3) is 0.571. The average Bonchev–Trinajstić information content (AvgIpc) is 2.28. The highest BCUT2D eigenvalue weighted by Crippen LogP contribution is 2.31. The molecule has 0 N–H and O–H groups in total. The molecule has 1 aliphatic rings. The summed E-state index contributed by atoms with van der Waals surface area (Å²) in [4.78, 5) is 0. The van der Waals surface area contributed by atoms with Crippen LogP contribution in [0.4, 0.5) is 0 Å². The molecule has 2 unspecified atom stereocenters. The molecule has 2 heteroatoms. The molecule has 2 nitrogen and oxygen atoms in total. The van der Waals surface area contributed by atoms with Crippen LogP contribution in [0.1, 0.15) is 39.5 Å². The highest BCUT2D eigenvalue weighted by atomic mass is 14.4. The van der Waals surface area contributed by atoms with Gasteiger partial charge < -0.3 is 0 Å². The Bertz CT molecular complexity index is 373. The molecule has 84 valence electrons. The molecular weight excluding hydrogens is 196 g/mol. The van der Waals surface area contributed by atoms with Crippen LogP contribution in [-0.2, 0) is 0 Å². The van der Waals surface area contributed by atoms with E-state index in [1.54, 1.807) is 0 Å². The summed E-state index contributed by atoms with van der Waals surface area (Å²) >= 11 is 0. The van der Waals surface area contributed by atoms with E-state index in [1.165, 1.54) is 11.1 Å². The van der Waals surface area contributed by atoms with E-state index in [9.17, 15) is 0 Å². The van der Waals surface area contributed by atoms with Gasteiger partial charge in [-0.2, -0.15) is 10.5 Å². The summed E-state index contributed by atoms with van der Waals surface area (Å²) in [5.74, 6) is -0.200. The number of hydrogen-bond donors (Lipinski definition) is 0. The van der Waals surface area contributed by atoms with Crippen LogP contribution in [0.3, 0.4) is 0 Å². The van der Waals surface area contributed by atoms with Crippen molar-refractivity contribution in [2.75, 3.05) is 0 Å². The number of hydrogen-bond acceptors (Lipinski definition) is 2. The van der Waals surface area contributed by atoms with Gasteiger partial charge in [0, 0.05) is 0 Å². The lowest BCUT2D eigenvalue weighted by Crippen LogP contribution is -2.16. The Morgan fingerprint density at radius 3 is 2.62 bits per heavy atom. The van der Waals surface area contributed by atoms with E-state index in [2.05, 4.69) is 38.1 Å². The summed E-state index contributed by atoms with van der Waals surface area (Å²) in [6.07, 6.45) is 7.98. The van der Waals surface area contributed by atoms with Gasteiger partial charge in [0.05, 0.1) is 24.0 Å². The standard InChI is InChI=1S/C14H18N2/c1-11(2)4-3-5-12-6-7-13(9-15)14(8-12)10-16/h4,6,13-14H,3,5,7-8H2,1-2H3. The lowest BCUT2D eigenvalue weighted by molar-refractivity contribution is 0.464. The fourth-order valence-corrected chi connectivity index (χ4v) is 1.99. The minimum Gasteiger partial charge on any atom is -0.198 e. The second kappa shape index (κ2) is 6.13. The van der Waals surface area contributed by atoms with Crippen molar-refractivity contribution < 1.29 is 0 Å². The maximum Gasteiger partial charge on any atom is 0.0673 e. The third kappa shape index (κ3) is 3.55. The Morgan fingerprint density at radius 2 is 2.06 bits per heavy atom. The normalized spacial score (nSPS) is 23.9. The summed E-state index contributed by atoms with van der Waals surface area (Å²) in [6, 6.07) is 4.48. The first-order valence-electron chi connectivity index (χ1n) is 5.78. The molecule has 0 aliphatic heterocycles. The van der Waals surface area contributed by atoms with E-state index in [4.69, 9.17) is 10.5 Å². The largest absolute Gasteiger partial charge is 0.198 e. The zero-order valence-corrected chi connectivity index (χ0v) is 10.0. The molecule has 1 aliphatic carbocycles. The predicted molar refractivity (Wildman–Crippen MR) is 64.2 cm³/mol. The van der Waals surface area contributed by atoms with Crippen molar-refractivity contribution in [3.8, 4) is 12.1 Å². The van der Waals surface area contributed by atoms with Gasteiger partial charge in [0.25, 0.3) is 0 Å². The van der Waals surface area contributed by atoms with Crippen LogP contribution >= 0.6 is 0 Å². The summed E-state index contributed by atoms with van der Waals surface area (Å²) in [7, 11) is 0. The maximum atomic E-state index is 8.98. The van der Waals surface area contributed by atoms with E-state index in [-0.39, 0.29) is 11.8 Å². The summed E-state index contributed by atoms with van der Waals surface area (Å²) in [5, 5.41) is 17.9. The minimum atomic E-state index is -0.100. The van der Waals surface area contributed by atoms with Crippen LogP contribution in [0.5, 0.6) is 0 Å². The second-order valence-electron chi connectivity index (χ2n) is 4.59. The van der Waals surface area contributed by atoms with Gasteiger partial charge in [0.15, 0.2) is 0 Å². The first-order chi connectivity index (χ1) is 7.67. The zero-order chi connectivity index (χ0) is 12.0. The Hall–Kier alpha value is -1.54. The first kappa shape index (κ1) is 12.5. The monoisotopic (exact) mass is 214 g/mol. The van der Waals surface area contributed by atoms with Gasteiger partial charge in [-0.3, -0.25) is 0 Å². The molecule has 0 aromatic carbocycles. The summed E-state index contributed by atoms with van der Waals surface area (Å²) < 4.78 is 0. The van der Waals surface area contributed by atoms with E-state index in [1.807, 2.05) is 0 Å². The molecule has 0 aromatic rings. The third-order valence-corrected chi connectivity index (χ3v) is 2.98. The van der Waals surface area contributed by atoms with Crippen molar-refractivity contribution in [2.45, 2.75) is 39.5 Å². The maximum absolute atomic E-state index is 8.98. The quantitative estimate of drug-likeness (QED) is 0.672. The third-order valence-electron chi connectivity index (χ3n) is 2.98. The Kier molecular flexibility index (Phi) is 4.80. The van der Waals surface area contributed by atoms with Gasteiger partial charge in [-0.25, -0.2) is 0 Å². The lowest BCUT2D eigenvalue weighted by Gasteiger charge is -2.21. The van der Waals surface area contributed by atoms with Crippen molar-refractivity contribution >= 4 is 0 Å². The van der Waals surface area contributed by atoms with Crippen molar-refractivity contribution in [1.29, 1.82) is 10.5 Å². The highest BCUT2D eigenvalue weighted by molar-refractivity contribution is 5.17. The minimum absolute atomic E-state index is 0.0998. The van der Waals surface area contributed by atoms with Crippen LogP contribution < -0.4 is 0 Å². The van der Waals surface area contributed by atoms with Crippen LogP contribution in [0.25, 0.3) is 0 Å². The van der Waals surface area contributed by atoms with Gasteiger partial charge in [0.1, 0.15) is 0 Å². The van der Waals surface area contributed by atoms with Crippen molar-refractivity contribution in [2.24, 2.45) is 11.8 Å². The zero-order valence-electron chi connectivity index (χ0n) is 10.0. The van der Waals surface area contributed by atoms with Crippen molar-refractivity contribution in [1.82, 2.24) is 0 Å². The molecule has 0 saturated carbocycles. The summed E-state index contributed by atoms with van der Waals surface area (Å²) in [6.45, 7) is 4.19. The van der Waals surface area contributed by atoms with Gasteiger partial charge in [-0.05, 0) is 39.5 Å². The predicted octanol–water partition coefficient (Wildman–Crippen LogP) is 3.73. The van der Waals surface area contributed by atoms with E-state index in [0.717, 1.165) is 25.7 Å². The van der Waals surface area contributed by atoms with Gasteiger partial charge in [-0.1, -0.05) is 23.3 Å². The molecule has 0 saturated heterocycles. The molecule has 0 radical (unpaired) electrons. The number of rotatable bonds is 3. The number of nitrogens with zero attached hydrogens (tertiary/aromatic N) is 2. The molecule has 0 aromatic heterocycles. The van der Waals surface area contributed by atoms with Gasteiger partial charge >= 0.3 is 0 Å². The van der Waals surface area contributed by atoms with Crippen LogP contribution in [-0.4, -0.2) is 0 Å². The number of allylic oxidation sites excluding steroid dienone is 4. The Balaban J connectivity index is 2.53. The highest BCUT2D eigenvalue weighted by Gasteiger charge is 2.24. The van der Waals surface area contributed by atoms with Gasteiger partial charge in [0.2, 0.25) is 0 Å². The van der Waals surface area contributed by atoms with E-state index < -0.39 is 0 Å². The fourth-order valence-electron chi connectivity index (χ4n) is 1.99.